The lowest BCUT2D eigenvalue weighted by Crippen LogP contribution is -2.32. The van der Waals surface area contributed by atoms with Crippen LogP contribution in [0.3, 0.4) is 0 Å². The maximum Gasteiger partial charge on any atom is 0.148 e. The van der Waals surface area contributed by atoms with Crippen molar-refractivity contribution in [3.05, 3.63) is 46.9 Å². The summed E-state index contributed by atoms with van der Waals surface area (Å²) in [6.07, 6.45) is 1.47. The average molecular weight is 386 g/mol. The van der Waals surface area contributed by atoms with E-state index < -0.39 is 6.10 Å². The minimum Gasteiger partial charge on any atom is -0.497 e. The molecule has 0 amide bonds. The molecule has 0 saturated heterocycles. The molecule has 0 aliphatic carbocycles. The lowest BCUT2D eigenvalue weighted by atomic mass is 10.0. The van der Waals surface area contributed by atoms with Crippen LogP contribution in [-0.2, 0) is 0 Å². The van der Waals surface area contributed by atoms with E-state index in [9.17, 15) is 5.11 Å². The van der Waals surface area contributed by atoms with Crippen LogP contribution >= 0.6 is 0 Å². The molecule has 0 saturated carbocycles. The fourth-order valence-electron chi connectivity index (χ4n) is 3.30. The van der Waals surface area contributed by atoms with E-state index in [2.05, 4.69) is 31.5 Å². The number of fused-ring (bicyclic) bond motifs is 1. The van der Waals surface area contributed by atoms with Gasteiger partial charge in [0.15, 0.2) is 0 Å². The van der Waals surface area contributed by atoms with Crippen LogP contribution in [0.4, 0.5) is 0 Å². The van der Waals surface area contributed by atoms with Gasteiger partial charge in [0, 0.05) is 30.4 Å². The van der Waals surface area contributed by atoms with E-state index in [1.165, 1.54) is 5.57 Å². The normalized spacial score (nSPS) is 17.5. The molecule has 0 aromatic heterocycles. The third-order valence-electron chi connectivity index (χ3n) is 4.84. The number of nitrogens with one attached hydrogen (secondary N) is 2. The molecule has 3 N–H and O–H groups in total. The first-order valence-electron chi connectivity index (χ1n) is 9.61. The molecule has 2 aliphatic heterocycles. The van der Waals surface area contributed by atoms with Gasteiger partial charge in [-0.2, -0.15) is 0 Å². The van der Waals surface area contributed by atoms with Crippen LogP contribution in [-0.4, -0.2) is 55.8 Å². The van der Waals surface area contributed by atoms with Gasteiger partial charge in [-0.25, -0.2) is 10.4 Å². The number of allylic oxidation sites excluding steroid dienone is 2. The molecule has 1 unspecified atom stereocenters. The molecule has 2 aliphatic rings. The zero-order valence-corrected chi connectivity index (χ0v) is 17.2. The smallest absolute Gasteiger partial charge is 0.148 e. The monoisotopic (exact) mass is 386 g/mol. The maximum absolute atomic E-state index is 9.90. The van der Waals surface area contributed by atoms with Gasteiger partial charge in [0.05, 0.1) is 12.8 Å². The number of hydrogen-bond acceptors (Lipinski definition) is 7. The lowest BCUT2D eigenvalue weighted by Gasteiger charge is -2.25. The molecule has 1 aromatic rings. The van der Waals surface area contributed by atoms with Crippen molar-refractivity contribution in [2.24, 2.45) is 10.9 Å². The van der Waals surface area contributed by atoms with Crippen molar-refractivity contribution >= 4 is 5.71 Å². The molecule has 28 heavy (non-hydrogen) atoms. The molecule has 0 radical (unpaired) electrons. The summed E-state index contributed by atoms with van der Waals surface area (Å²) < 4.78 is 11.2. The number of hydrogen-bond donors (Lipinski definition) is 3. The van der Waals surface area contributed by atoms with Crippen LogP contribution in [0.5, 0.6) is 11.5 Å². The van der Waals surface area contributed by atoms with E-state index in [-0.39, 0.29) is 6.61 Å². The van der Waals surface area contributed by atoms with E-state index >= 15 is 0 Å². The highest BCUT2D eigenvalue weighted by molar-refractivity contribution is 6.10. The van der Waals surface area contributed by atoms with Crippen molar-refractivity contribution in [1.82, 2.24) is 15.8 Å². The number of nitrogens with zero attached hydrogens (tertiary/aromatic N) is 2. The third-order valence-corrected chi connectivity index (χ3v) is 4.84. The maximum atomic E-state index is 9.90. The summed E-state index contributed by atoms with van der Waals surface area (Å²) in [5.74, 6) is 2.72. The molecule has 1 aromatic carbocycles. The van der Waals surface area contributed by atoms with Crippen LogP contribution in [0.2, 0.25) is 0 Å². The van der Waals surface area contributed by atoms with Gasteiger partial charge in [-0.3, -0.25) is 5.01 Å². The SMILES string of the molecule is CNCC(O)COc1cc(OC)cc(C2=NC3=C(C(C)C)CNN3C(C)=C2)c1. The third kappa shape index (κ3) is 4.38. The Labute approximate surface area is 166 Å². The molecule has 0 bridgehead atoms. The quantitative estimate of drug-likeness (QED) is 0.635. The number of ether oxygens (including phenoxy) is 2. The number of rotatable bonds is 8. The summed E-state index contributed by atoms with van der Waals surface area (Å²) in [7, 11) is 3.43. The van der Waals surface area contributed by atoms with Crippen molar-refractivity contribution in [2.75, 3.05) is 33.9 Å². The number of hydrazine groups is 1. The Kier molecular flexibility index (Phi) is 6.39. The van der Waals surface area contributed by atoms with Crippen molar-refractivity contribution in [3.63, 3.8) is 0 Å². The van der Waals surface area contributed by atoms with Crippen molar-refractivity contribution < 1.29 is 14.6 Å². The van der Waals surface area contributed by atoms with Gasteiger partial charge in [0.2, 0.25) is 0 Å². The van der Waals surface area contributed by atoms with E-state index in [1.807, 2.05) is 29.3 Å². The molecule has 3 rings (SSSR count). The zero-order chi connectivity index (χ0) is 20.3. The first-order chi connectivity index (χ1) is 13.4. The highest BCUT2D eigenvalue weighted by atomic mass is 16.5. The molecular formula is C21H30N4O3. The number of benzene rings is 1. The van der Waals surface area contributed by atoms with Gasteiger partial charge < -0.3 is 19.9 Å². The number of likely N-dealkylation sites (N-methyl/N-ethyl adjacent to an activating group) is 1. The van der Waals surface area contributed by atoms with E-state index in [4.69, 9.17) is 14.5 Å². The Balaban J connectivity index is 1.93. The second-order valence-electron chi connectivity index (χ2n) is 7.38. The summed E-state index contributed by atoms with van der Waals surface area (Å²) in [6.45, 7) is 7.92. The minimum absolute atomic E-state index is 0.204. The predicted octanol–water partition coefficient (Wildman–Crippen LogP) is 2.05. The van der Waals surface area contributed by atoms with Crippen molar-refractivity contribution in [2.45, 2.75) is 26.9 Å². The minimum atomic E-state index is -0.578. The first kappa shape index (κ1) is 20.4. The zero-order valence-electron chi connectivity index (χ0n) is 17.2. The summed E-state index contributed by atoms with van der Waals surface area (Å²) in [4.78, 5) is 4.92. The van der Waals surface area contributed by atoms with Gasteiger partial charge in [-0.05, 0) is 43.7 Å². The van der Waals surface area contributed by atoms with Gasteiger partial charge in [0.1, 0.15) is 30.0 Å². The summed E-state index contributed by atoms with van der Waals surface area (Å²) in [5, 5.41) is 14.9. The molecule has 0 fully saturated rings. The molecule has 2 heterocycles. The largest absolute Gasteiger partial charge is 0.497 e. The molecule has 7 nitrogen and oxygen atoms in total. The fourth-order valence-corrected chi connectivity index (χ4v) is 3.30. The van der Waals surface area contributed by atoms with E-state index in [0.29, 0.717) is 24.0 Å². The second kappa shape index (κ2) is 8.77. The summed E-state index contributed by atoms with van der Waals surface area (Å²) >= 11 is 0. The van der Waals surface area contributed by atoms with Crippen LogP contribution in [0, 0.1) is 5.92 Å². The van der Waals surface area contributed by atoms with Crippen LogP contribution in [0.1, 0.15) is 26.3 Å². The topological polar surface area (TPSA) is 78.3 Å². The Morgan fingerprint density at radius 1 is 1.29 bits per heavy atom. The highest BCUT2D eigenvalue weighted by Gasteiger charge is 2.28. The number of aliphatic imine (C=N–C) groups is 1. The first-order valence-corrected chi connectivity index (χ1v) is 9.61. The average Bonchev–Trinajstić information content (AvgIpc) is 3.11. The molecule has 152 valence electrons. The van der Waals surface area contributed by atoms with Gasteiger partial charge in [0.25, 0.3) is 0 Å². The van der Waals surface area contributed by atoms with E-state index in [1.54, 1.807) is 14.2 Å². The van der Waals surface area contributed by atoms with Gasteiger partial charge in [-0.15, -0.1) is 0 Å². The number of aliphatic hydroxyl groups is 1. The predicted molar refractivity (Wildman–Crippen MR) is 110 cm³/mol. The number of aliphatic hydroxyl groups excluding tert-OH is 1. The van der Waals surface area contributed by atoms with Crippen LogP contribution in [0.15, 0.2) is 46.4 Å². The molecular weight excluding hydrogens is 356 g/mol. The second-order valence-corrected chi connectivity index (χ2v) is 7.38. The lowest BCUT2D eigenvalue weighted by molar-refractivity contribution is 0.108. The van der Waals surface area contributed by atoms with Gasteiger partial charge >= 0.3 is 0 Å². The summed E-state index contributed by atoms with van der Waals surface area (Å²) in [6, 6.07) is 5.70. The Morgan fingerprint density at radius 3 is 2.71 bits per heavy atom. The van der Waals surface area contributed by atoms with Crippen LogP contribution < -0.4 is 20.2 Å². The van der Waals surface area contributed by atoms with E-state index in [0.717, 1.165) is 29.3 Å². The standard InChI is InChI=1S/C21H30N4O3/c1-13(2)19-11-23-25-14(3)6-20(24-21(19)25)15-7-17(27-5)9-18(8-15)28-12-16(26)10-22-4/h6-9,13,16,22-23,26H,10-12H2,1-5H3. The molecule has 0 spiro atoms. The van der Waals surface area contributed by atoms with Crippen molar-refractivity contribution in [1.29, 1.82) is 0 Å². The molecule has 1 atom stereocenters. The fraction of sp³-hybridized carbons (Fsp3) is 0.476. The Hall–Kier alpha value is -2.35. The number of methoxy groups -OCH3 is 1. The Morgan fingerprint density at radius 2 is 2.04 bits per heavy atom. The summed E-state index contributed by atoms with van der Waals surface area (Å²) in [5.41, 5.74) is 7.55. The highest BCUT2D eigenvalue weighted by Crippen LogP contribution is 2.31. The Bertz CT molecular complexity index is 814. The van der Waals surface area contributed by atoms with Gasteiger partial charge in [-0.1, -0.05) is 13.8 Å². The van der Waals surface area contributed by atoms with Crippen molar-refractivity contribution in [3.8, 4) is 11.5 Å². The molecule has 7 heteroatoms. The van der Waals surface area contributed by atoms with Crippen LogP contribution in [0.25, 0.3) is 0 Å².